The highest BCUT2D eigenvalue weighted by molar-refractivity contribution is 5.71. The van der Waals surface area contributed by atoms with Crippen molar-refractivity contribution in [1.82, 2.24) is 0 Å². The van der Waals surface area contributed by atoms with E-state index in [0.717, 1.165) is 44.1 Å². The second-order valence-corrected chi connectivity index (χ2v) is 10.2. The van der Waals surface area contributed by atoms with Gasteiger partial charge < -0.3 is 14.6 Å². The van der Waals surface area contributed by atoms with Crippen LogP contribution in [0.1, 0.15) is 70.3 Å². The van der Waals surface area contributed by atoms with Crippen molar-refractivity contribution in [2.24, 2.45) is 0 Å². The molecule has 3 nitrogen and oxygen atoms in total. The lowest BCUT2D eigenvalue weighted by Crippen LogP contribution is -2.35. The summed E-state index contributed by atoms with van der Waals surface area (Å²) in [6, 6.07) is 15.0. The van der Waals surface area contributed by atoms with E-state index in [1.807, 2.05) is 13.0 Å². The predicted molar refractivity (Wildman–Crippen MR) is 149 cm³/mol. The normalized spacial score (nSPS) is 18.4. The summed E-state index contributed by atoms with van der Waals surface area (Å²) >= 11 is 0. The molecule has 1 N–H and O–H groups in total. The summed E-state index contributed by atoms with van der Waals surface area (Å²) < 4.78 is 55.5. The summed E-state index contributed by atoms with van der Waals surface area (Å²) in [6.07, 6.45) is 8.54. The van der Waals surface area contributed by atoms with Gasteiger partial charge in [-0.05, 0) is 72.2 Å². The van der Waals surface area contributed by atoms with Crippen LogP contribution in [0, 0.1) is 17.5 Å². The Bertz CT molecular complexity index is 1250. The minimum atomic E-state index is -1.04. The van der Waals surface area contributed by atoms with Crippen LogP contribution in [-0.4, -0.2) is 23.9 Å². The lowest BCUT2D eigenvalue weighted by Gasteiger charge is -2.32. The predicted octanol–water partition coefficient (Wildman–Crippen LogP) is 8.94. The van der Waals surface area contributed by atoms with Crippen LogP contribution in [0.4, 0.5) is 13.2 Å². The van der Waals surface area contributed by atoms with E-state index in [4.69, 9.17) is 9.47 Å². The standard InChI is InChI=1S/C33H37F3O3/c1-3-5-7-8-29(37)30-17-14-25(21-39-30)26-15-13-24(20-28(26)34)22-9-11-23(12-10-22)27-16-18-31(33(36)32(27)35)38-19-6-4-2/h6,9-13,15-16,18-20,25,29-30,37H,3-5,7-8,14,17,21H2,1-2H3/b19-6-. The zero-order valence-corrected chi connectivity index (χ0v) is 22.6. The molecule has 1 fully saturated rings. The molecule has 0 radical (unpaired) electrons. The van der Waals surface area contributed by atoms with Crippen molar-refractivity contribution < 1.29 is 27.8 Å². The molecule has 1 aliphatic rings. The van der Waals surface area contributed by atoms with Crippen LogP contribution < -0.4 is 4.74 Å². The summed E-state index contributed by atoms with van der Waals surface area (Å²) in [7, 11) is 0. The second-order valence-electron chi connectivity index (χ2n) is 10.2. The summed E-state index contributed by atoms with van der Waals surface area (Å²) in [5.74, 6) is -2.55. The van der Waals surface area contributed by atoms with Gasteiger partial charge >= 0.3 is 0 Å². The molecule has 0 aliphatic carbocycles. The van der Waals surface area contributed by atoms with Crippen molar-refractivity contribution in [3.05, 3.63) is 90.0 Å². The Balaban J connectivity index is 1.41. The Labute approximate surface area is 229 Å². The molecule has 208 valence electrons. The molecule has 0 spiro atoms. The van der Waals surface area contributed by atoms with Gasteiger partial charge in [0.2, 0.25) is 5.82 Å². The second kappa shape index (κ2) is 13.8. The van der Waals surface area contributed by atoms with E-state index in [0.29, 0.717) is 29.7 Å². The first-order valence-electron chi connectivity index (χ1n) is 13.9. The highest BCUT2D eigenvalue weighted by Crippen LogP contribution is 2.35. The van der Waals surface area contributed by atoms with Gasteiger partial charge in [0.05, 0.1) is 25.1 Å². The average molecular weight is 539 g/mol. The molecule has 39 heavy (non-hydrogen) atoms. The van der Waals surface area contributed by atoms with Crippen LogP contribution in [0.5, 0.6) is 5.75 Å². The third kappa shape index (κ3) is 7.11. The molecular formula is C33H37F3O3. The number of halogens is 3. The Hall–Kier alpha value is -3.09. The minimum absolute atomic E-state index is 0.0530. The first kappa shape index (κ1) is 28.9. The molecule has 3 aromatic carbocycles. The average Bonchev–Trinajstić information content (AvgIpc) is 2.96. The monoisotopic (exact) mass is 538 g/mol. The maximum atomic E-state index is 15.2. The summed E-state index contributed by atoms with van der Waals surface area (Å²) in [5, 5.41) is 10.4. The number of benzene rings is 3. The van der Waals surface area contributed by atoms with Crippen LogP contribution in [0.2, 0.25) is 0 Å². The van der Waals surface area contributed by atoms with Gasteiger partial charge in [-0.3, -0.25) is 0 Å². The van der Waals surface area contributed by atoms with Crippen molar-refractivity contribution >= 4 is 0 Å². The number of aliphatic hydroxyl groups is 1. The number of hydrogen-bond acceptors (Lipinski definition) is 3. The zero-order chi connectivity index (χ0) is 27.8. The molecule has 0 aromatic heterocycles. The lowest BCUT2D eigenvalue weighted by atomic mass is 9.88. The first-order chi connectivity index (χ1) is 18.9. The molecule has 1 aliphatic heterocycles. The van der Waals surface area contributed by atoms with E-state index in [-0.39, 0.29) is 29.2 Å². The van der Waals surface area contributed by atoms with Crippen molar-refractivity contribution in [3.8, 4) is 28.0 Å². The highest BCUT2D eigenvalue weighted by atomic mass is 19.2. The van der Waals surface area contributed by atoms with Crippen LogP contribution >= 0.6 is 0 Å². The molecule has 6 heteroatoms. The molecule has 0 amide bonds. The summed E-state index contributed by atoms with van der Waals surface area (Å²) in [4.78, 5) is 0. The molecule has 1 heterocycles. The number of hydrogen-bond donors (Lipinski definition) is 1. The molecule has 3 atom stereocenters. The van der Waals surface area contributed by atoms with Gasteiger partial charge in [0.25, 0.3) is 0 Å². The van der Waals surface area contributed by atoms with Gasteiger partial charge in [0.1, 0.15) is 5.82 Å². The quantitative estimate of drug-likeness (QED) is 0.196. The Morgan fingerprint density at radius 2 is 1.67 bits per heavy atom. The molecule has 4 rings (SSSR count). The van der Waals surface area contributed by atoms with Crippen molar-refractivity contribution in [2.45, 2.75) is 76.9 Å². The zero-order valence-electron chi connectivity index (χ0n) is 22.6. The molecule has 3 aromatic rings. The molecule has 3 unspecified atom stereocenters. The maximum Gasteiger partial charge on any atom is 0.201 e. The number of ether oxygens (including phenoxy) is 2. The molecule has 1 saturated heterocycles. The number of allylic oxidation sites excluding steroid dienone is 1. The van der Waals surface area contributed by atoms with E-state index < -0.39 is 17.7 Å². The summed E-state index contributed by atoms with van der Waals surface area (Å²) in [5.41, 5.74) is 2.71. The minimum Gasteiger partial charge on any atom is -0.462 e. The van der Waals surface area contributed by atoms with Gasteiger partial charge in [-0.15, -0.1) is 0 Å². The molecule has 0 bridgehead atoms. The molecular weight excluding hydrogens is 501 g/mol. The SMILES string of the molecule is CC/C=C\Oc1ccc(-c2ccc(-c3ccc(C4CCC(C(O)CCCCC)OC4)c(F)c3)cc2)c(F)c1F. The van der Waals surface area contributed by atoms with Gasteiger partial charge in [-0.2, -0.15) is 4.39 Å². The third-order valence-corrected chi connectivity index (χ3v) is 7.39. The Morgan fingerprint density at radius 3 is 2.33 bits per heavy atom. The van der Waals surface area contributed by atoms with Crippen LogP contribution in [-0.2, 0) is 4.74 Å². The van der Waals surface area contributed by atoms with Crippen molar-refractivity contribution in [2.75, 3.05) is 6.61 Å². The van der Waals surface area contributed by atoms with Crippen LogP contribution in [0.15, 0.2) is 66.9 Å². The van der Waals surface area contributed by atoms with Gasteiger partial charge in [0.15, 0.2) is 11.6 Å². The van der Waals surface area contributed by atoms with E-state index >= 15 is 4.39 Å². The topological polar surface area (TPSA) is 38.7 Å². The highest BCUT2D eigenvalue weighted by Gasteiger charge is 2.29. The fraction of sp³-hybridized carbons (Fsp3) is 0.394. The fourth-order valence-electron chi connectivity index (χ4n) is 5.05. The van der Waals surface area contributed by atoms with E-state index in [1.165, 1.54) is 24.5 Å². The fourth-order valence-corrected chi connectivity index (χ4v) is 5.05. The Kier molecular flexibility index (Phi) is 10.2. The first-order valence-corrected chi connectivity index (χ1v) is 13.9. The van der Waals surface area contributed by atoms with Gasteiger partial charge in [-0.1, -0.05) is 69.5 Å². The van der Waals surface area contributed by atoms with Crippen LogP contribution in [0.3, 0.4) is 0 Å². The lowest BCUT2D eigenvalue weighted by molar-refractivity contribution is -0.0722. The summed E-state index contributed by atoms with van der Waals surface area (Å²) in [6.45, 7) is 4.44. The van der Waals surface area contributed by atoms with Crippen molar-refractivity contribution in [3.63, 3.8) is 0 Å². The number of unbranched alkanes of at least 4 members (excludes halogenated alkanes) is 2. The number of rotatable bonds is 11. The largest absolute Gasteiger partial charge is 0.462 e. The van der Waals surface area contributed by atoms with E-state index in [2.05, 4.69) is 6.92 Å². The van der Waals surface area contributed by atoms with Gasteiger partial charge in [-0.25, -0.2) is 8.78 Å². The van der Waals surface area contributed by atoms with E-state index in [9.17, 15) is 13.9 Å². The third-order valence-electron chi connectivity index (χ3n) is 7.39. The Morgan fingerprint density at radius 1 is 0.923 bits per heavy atom. The van der Waals surface area contributed by atoms with Crippen LogP contribution in [0.25, 0.3) is 22.3 Å². The van der Waals surface area contributed by atoms with Crippen molar-refractivity contribution in [1.29, 1.82) is 0 Å². The number of aliphatic hydroxyl groups excluding tert-OH is 1. The molecule has 0 saturated carbocycles. The van der Waals surface area contributed by atoms with E-state index in [1.54, 1.807) is 36.4 Å². The maximum absolute atomic E-state index is 15.2. The van der Waals surface area contributed by atoms with Gasteiger partial charge in [0, 0.05) is 11.5 Å². The smallest absolute Gasteiger partial charge is 0.201 e.